The van der Waals surface area contributed by atoms with Crippen molar-refractivity contribution in [1.29, 1.82) is 0 Å². The number of carbonyl (C=O) groups excluding carboxylic acids is 1. The first-order chi connectivity index (χ1) is 13.9. The molecule has 3 atom stereocenters. The van der Waals surface area contributed by atoms with E-state index < -0.39 is 0 Å². The summed E-state index contributed by atoms with van der Waals surface area (Å²) in [5, 5.41) is 12.4. The topological polar surface area (TPSA) is 83.9 Å². The molecule has 2 N–H and O–H groups in total. The van der Waals surface area contributed by atoms with Gasteiger partial charge in [-0.25, -0.2) is 4.98 Å². The molecule has 1 saturated carbocycles. The molecular weight excluding hydrogens is 377 g/mol. The third-order valence-electron chi connectivity index (χ3n) is 5.61. The van der Waals surface area contributed by atoms with E-state index in [1.807, 2.05) is 19.9 Å². The lowest BCUT2D eigenvalue weighted by atomic mass is 10.0. The number of nitrogens with one attached hydrogen (secondary N) is 1. The van der Waals surface area contributed by atoms with E-state index in [-0.39, 0.29) is 48.9 Å². The Morgan fingerprint density at radius 1 is 1.38 bits per heavy atom. The SMILES string of the molecule is COC1CN(c2ccc(C(=O)NC(CO)CC(C)C)nc2OC[C@H]2C[C@@H]2CF)C1. The number of aliphatic hydroxyl groups is 1. The molecule has 2 aliphatic rings. The van der Waals surface area contributed by atoms with Gasteiger partial charge in [-0.1, -0.05) is 13.8 Å². The molecule has 0 bridgehead atoms. The highest BCUT2D eigenvalue weighted by Gasteiger charge is 2.38. The van der Waals surface area contributed by atoms with E-state index in [4.69, 9.17) is 9.47 Å². The second-order valence-corrected chi connectivity index (χ2v) is 8.49. The molecule has 0 spiro atoms. The Bertz CT molecular complexity index is 697. The van der Waals surface area contributed by atoms with Gasteiger partial charge in [-0.05, 0) is 42.7 Å². The number of hydrogen-bond donors (Lipinski definition) is 2. The van der Waals surface area contributed by atoms with Crippen molar-refractivity contribution in [2.45, 2.75) is 38.8 Å². The zero-order valence-electron chi connectivity index (χ0n) is 17.4. The van der Waals surface area contributed by atoms with Crippen molar-refractivity contribution in [3.8, 4) is 5.88 Å². The second-order valence-electron chi connectivity index (χ2n) is 8.49. The van der Waals surface area contributed by atoms with Crippen molar-refractivity contribution in [2.24, 2.45) is 17.8 Å². The lowest BCUT2D eigenvalue weighted by Gasteiger charge is -2.40. The van der Waals surface area contributed by atoms with E-state index >= 15 is 0 Å². The zero-order chi connectivity index (χ0) is 21.0. The van der Waals surface area contributed by atoms with Crippen LogP contribution in [0.3, 0.4) is 0 Å². The molecule has 0 radical (unpaired) electrons. The maximum absolute atomic E-state index is 12.8. The molecule has 1 aromatic heterocycles. The van der Waals surface area contributed by atoms with E-state index in [9.17, 15) is 14.3 Å². The minimum atomic E-state index is -0.340. The number of anilines is 1. The van der Waals surface area contributed by atoms with Crippen molar-refractivity contribution < 1.29 is 23.8 Å². The molecule has 2 heterocycles. The third-order valence-corrected chi connectivity index (χ3v) is 5.61. The molecule has 3 rings (SSSR count). The Morgan fingerprint density at radius 2 is 2.14 bits per heavy atom. The average Bonchev–Trinajstić information content (AvgIpc) is 3.43. The first kappa shape index (κ1) is 21.8. The van der Waals surface area contributed by atoms with Crippen molar-refractivity contribution >= 4 is 11.6 Å². The van der Waals surface area contributed by atoms with Crippen LogP contribution in [0.5, 0.6) is 5.88 Å². The monoisotopic (exact) mass is 409 g/mol. The summed E-state index contributed by atoms with van der Waals surface area (Å²) in [7, 11) is 1.68. The van der Waals surface area contributed by atoms with Gasteiger partial charge in [-0.3, -0.25) is 9.18 Å². The summed E-state index contributed by atoms with van der Waals surface area (Å²) in [6.45, 7) is 5.50. The van der Waals surface area contributed by atoms with Gasteiger partial charge in [0.2, 0.25) is 5.88 Å². The fourth-order valence-corrected chi connectivity index (χ4v) is 3.59. The van der Waals surface area contributed by atoms with E-state index in [1.54, 1.807) is 13.2 Å². The second kappa shape index (κ2) is 9.71. The Balaban J connectivity index is 1.70. The Kier molecular flexibility index (Phi) is 7.29. The quantitative estimate of drug-likeness (QED) is 0.582. The van der Waals surface area contributed by atoms with Crippen LogP contribution >= 0.6 is 0 Å². The predicted molar refractivity (Wildman–Crippen MR) is 108 cm³/mol. The molecule has 162 valence electrons. The Morgan fingerprint density at radius 3 is 2.72 bits per heavy atom. The molecule has 1 aromatic rings. The van der Waals surface area contributed by atoms with Gasteiger partial charge in [0.25, 0.3) is 5.91 Å². The van der Waals surface area contributed by atoms with Crippen molar-refractivity contribution in [1.82, 2.24) is 10.3 Å². The van der Waals surface area contributed by atoms with Crippen molar-refractivity contribution in [3.05, 3.63) is 17.8 Å². The van der Waals surface area contributed by atoms with Gasteiger partial charge in [0.15, 0.2) is 0 Å². The summed E-state index contributed by atoms with van der Waals surface area (Å²) in [5.41, 5.74) is 1.06. The first-order valence-corrected chi connectivity index (χ1v) is 10.3. The molecule has 1 unspecified atom stereocenters. The van der Waals surface area contributed by atoms with Crippen LogP contribution in [0.15, 0.2) is 12.1 Å². The summed E-state index contributed by atoms with van der Waals surface area (Å²) >= 11 is 0. The van der Waals surface area contributed by atoms with Crippen LogP contribution in [0.4, 0.5) is 10.1 Å². The number of halogens is 1. The Labute approximate surface area is 171 Å². The molecule has 1 aliphatic heterocycles. The molecule has 1 saturated heterocycles. The summed E-state index contributed by atoms with van der Waals surface area (Å²) in [5.74, 6) is 0.686. The summed E-state index contributed by atoms with van der Waals surface area (Å²) < 4.78 is 24.0. The molecule has 7 nitrogen and oxygen atoms in total. The molecule has 2 fully saturated rings. The summed E-state index contributed by atoms with van der Waals surface area (Å²) in [6.07, 6.45) is 1.68. The number of nitrogens with zero attached hydrogens (tertiary/aromatic N) is 2. The summed E-state index contributed by atoms with van der Waals surface area (Å²) in [4.78, 5) is 19.2. The summed E-state index contributed by atoms with van der Waals surface area (Å²) in [6, 6.07) is 3.19. The number of pyridine rings is 1. The third kappa shape index (κ3) is 5.57. The molecule has 0 aromatic carbocycles. The first-order valence-electron chi connectivity index (χ1n) is 10.3. The molecule has 8 heteroatoms. The molecule has 1 amide bonds. The van der Waals surface area contributed by atoms with E-state index in [2.05, 4.69) is 15.2 Å². The number of alkyl halides is 1. The normalized spacial score (nSPS) is 22.3. The van der Waals surface area contributed by atoms with Crippen LogP contribution in [0.1, 0.15) is 37.2 Å². The zero-order valence-corrected chi connectivity index (χ0v) is 17.4. The van der Waals surface area contributed by atoms with Gasteiger partial charge < -0.3 is 24.8 Å². The van der Waals surface area contributed by atoms with Crippen LogP contribution < -0.4 is 15.0 Å². The minimum absolute atomic E-state index is 0.0770. The van der Waals surface area contributed by atoms with E-state index in [0.29, 0.717) is 24.8 Å². The highest BCUT2D eigenvalue weighted by Crippen LogP contribution is 2.40. The van der Waals surface area contributed by atoms with Gasteiger partial charge in [0.1, 0.15) is 11.4 Å². The smallest absolute Gasteiger partial charge is 0.270 e. The maximum Gasteiger partial charge on any atom is 0.270 e. The van der Waals surface area contributed by atoms with E-state index in [0.717, 1.165) is 25.2 Å². The van der Waals surface area contributed by atoms with Crippen LogP contribution in [0, 0.1) is 17.8 Å². The highest BCUT2D eigenvalue weighted by molar-refractivity contribution is 5.93. The number of carbonyl (C=O) groups is 1. The lowest BCUT2D eigenvalue weighted by molar-refractivity contribution is 0.0782. The Hall–Kier alpha value is -1.93. The van der Waals surface area contributed by atoms with Gasteiger partial charge in [-0.15, -0.1) is 0 Å². The number of aliphatic hydroxyl groups excluding tert-OH is 1. The van der Waals surface area contributed by atoms with Crippen LogP contribution in [0.25, 0.3) is 0 Å². The van der Waals surface area contributed by atoms with Crippen molar-refractivity contribution in [3.63, 3.8) is 0 Å². The maximum atomic E-state index is 12.8. The van der Waals surface area contributed by atoms with Crippen molar-refractivity contribution in [2.75, 3.05) is 45.0 Å². The van der Waals surface area contributed by atoms with Gasteiger partial charge >= 0.3 is 0 Å². The largest absolute Gasteiger partial charge is 0.476 e. The van der Waals surface area contributed by atoms with Crippen LogP contribution in [-0.4, -0.2) is 68.2 Å². The number of amides is 1. The highest BCUT2D eigenvalue weighted by atomic mass is 19.1. The number of methoxy groups -OCH3 is 1. The van der Waals surface area contributed by atoms with Gasteiger partial charge in [0.05, 0.1) is 32.0 Å². The van der Waals surface area contributed by atoms with Gasteiger partial charge in [0, 0.05) is 20.2 Å². The average molecular weight is 410 g/mol. The number of aromatic nitrogens is 1. The molecule has 29 heavy (non-hydrogen) atoms. The van der Waals surface area contributed by atoms with Crippen LogP contribution in [-0.2, 0) is 4.74 Å². The number of hydrogen-bond acceptors (Lipinski definition) is 6. The van der Waals surface area contributed by atoms with Gasteiger partial charge in [-0.2, -0.15) is 0 Å². The lowest BCUT2D eigenvalue weighted by Crippen LogP contribution is -2.52. The standard InChI is InChI=1S/C21H32FN3O4/c1-13(2)6-16(11-26)23-20(27)18-4-5-19(25-9-17(10-25)28-3)21(24-18)29-12-15-7-14(15)8-22/h4-5,13-17,26H,6-12H2,1-3H3,(H,23,27)/t14-,15-,16?/m1/s1. The fourth-order valence-electron chi connectivity index (χ4n) is 3.59. The fraction of sp³-hybridized carbons (Fsp3) is 0.714. The molecule has 1 aliphatic carbocycles. The minimum Gasteiger partial charge on any atom is -0.476 e. The van der Waals surface area contributed by atoms with Crippen LogP contribution in [0.2, 0.25) is 0 Å². The number of rotatable bonds is 11. The van der Waals surface area contributed by atoms with E-state index in [1.165, 1.54) is 0 Å². The number of ether oxygens (including phenoxy) is 2. The molecular formula is C21H32FN3O4. The predicted octanol–water partition coefficient (Wildman–Crippen LogP) is 2.04.